The minimum atomic E-state index is -4.34. The maximum atomic E-state index is 13.3. The predicted molar refractivity (Wildman–Crippen MR) is 155 cm³/mol. The highest BCUT2D eigenvalue weighted by molar-refractivity contribution is 7.91. The molecule has 1 amide bonds. The molecule has 1 aliphatic heterocycles. The largest absolute Gasteiger partial charge is 0.490 e. The number of rotatable bonds is 9. The third-order valence-corrected chi connectivity index (χ3v) is 8.01. The molecule has 1 aliphatic rings. The zero-order valence-electron chi connectivity index (χ0n) is 22.5. The fraction of sp³-hybridized carbons (Fsp3) is 0.321. The van der Waals surface area contributed by atoms with Crippen LogP contribution in [0.2, 0.25) is 0 Å². The van der Waals surface area contributed by atoms with E-state index in [-0.39, 0.29) is 25.1 Å². The summed E-state index contributed by atoms with van der Waals surface area (Å²) in [4.78, 5) is 14.1. The molecule has 40 heavy (non-hydrogen) atoms. The van der Waals surface area contributed by atoms with Gasteiger partial charge in [0.05, 0.1) is 24.7 Å². The molecule has 0 aromatic heterocycles. The number of hydrogen-bond acceptors (Lipinski definition) is 7. The average Bonchev–Trinajstić information content (AvgIpc) is 2.92. The standard InChI is InChI=1S/C28H34N6O5S/c1-3-38-28(35)32-40(36,37)34(18-20-4-5-21-6-7-22(27(30)31)17-23(21)16-20)24-8-10-25(11-9-24)39-26-12-14-33(15-13-26)19(2)29/h4-11,16-17,26,29H,3,12-15,18H2,1-2H3,(H3,30,31)(H,32,35). The molecule has 1 fully saturated rings. The molecule has 212 valence electrons. The number of benzene rings is 3. The average molecular weight is 567 g/mol. The lowest BCUT2D eigenvalue weighted by Crippen LogP contribution is -2.43. The van der Waals surface area contributed by atoms with Gasteiger partial charge in [-0.05, 0) is 66.6 Å². The van der Waals surface area contributed by atoms with Crippen LogP contribution in [0.4, 0.5) is 10.5 Å². The number of anilines is 1. The van der Waals surface area contributed by atoms with Crippen molar-refractivity contribution in [2.45, 2.75) is 39.3 Å². The Morgan fingerprint density at radius 3 is 2.35 bits per heavy atom. The maximum Gasteiger partial charge on any atom is 0.422 e. The number of nitrogen functional groups attached to an aromatic ring is 1. The summed E-state index contributed by atoms with van der Waals surface area (Å²) in [6, 6.07) is 17.5. The SMILES string of the molecule is CCOC(=O)NS(=O)(=O)N(Cc1ccc2ccc(C(=N)N)cc2c1)c1ccc(OC2CCN(C(C)=N)CC2)cc1. The van der Waals surface area contributed by atoms with Crippen molar-refractivity contribution in [3.05, 3.63) is 71.8 Å². The molecule has 0 bridgehead atoms. The molecule has 3 aromatic rings. The van der Waals surface area contributed by atoms with Crippen LogP contribution in [0.1, 0.15) is 37.8 Å². The normalized spacial score (nSPS) is 14.0. The summed E-state index contributed by atoms with van der Waals surface area (Å²) in [6.07, 6.45) is 0.512. The predicted octanol–water partition coefficient (Wildman–Crippen LogP) is 3.96. The van der Waals surface area contributed by atoms with Gasteiger partial charge in [-0.15, -0.1) is 0 Å². The van der Waals surface area contributed by atoms with Gasteiger partial charge in [0.1, 0.15) is 17.7 Å². The third kappa shape index (κ3) is 7.00. The van der Waals surface area contributed by atoms with Gasteiger partial charge < -0.3 is 20.1 Å². The van der Waals surface area contributed by atoms with Gasteiger partial charge >= 0.3 is 16.3 Å². The Labute approximate surface area is 234 Å². The summed E-state index contributed by atoms with van der Waals surface area (Å²) < 4.78 is 40.6. The van der Waals surface area contributed by atoms with Gasteiger partial charge in [0.15, 0.2) is 0 Å². The van der Waals surface area contributed by atoms with Crippen LogP contribution < -0.4 is 19.5 Å². The van der Waals surface area contributed by atoms with Gasteiger partial charge in [0.2, 0.25) is 0 Å². The lowest BCUT2D eigenvalue weighted by atomic mass is 10.0. The molecular formula is C28H34N6O5S. The molecule has 12 heteroatoms. The van der Waals surface area contributed by atoms with Crippen molar-refractivity contribution in [1.29, 1.82) is 10.8 Å². The van der Waals surface area contributed by atoms with Gasteiger partial charge in [-0.2, -0.15) is 8.42 Å². The number of nitrogens with one attached hydrogen (secondary N) is 3. The zero-order valence-corrected chi connectivity index (χ0v) is 23.3. The van der Waals surface area contributed by atoms with E-state index in [1.165, 1.54) is 0 Å². The summed E-state index contributed by atoms with van der Waals surface area (Å²) in [6.45, 7) is 4.82. The highest BCUT2D eigenvalue weighted by Gasteiger charge is 2.26. The van der Waals surface area contributed by atoms with Gasteiger partial charge in [-0.1, -0.05) is 24.3 Å². The maximum absolute atomic E-state index is 13.3. The molecule has 3 aromatic carbocycles. The molecular weight excluding hydrogens is 532 g/mol. The quantitative estimate of drug-likeness (QED) is 0.225. The summed E-state index contributed by atoms with van der Waals surface area (Å²) in [5, 5.41) is 17.2. The van der Waals surface area contributed by atoms with Crippen molar-refractivity contribution >= 4 is 44.4 Å². The summed E-state index contributed by atoms with van der Waals surface area (Å²) in [5.41, 5.74) is 7.19. The first-order valence-corrected chi connectivity index (χ1v) is 14.4. The number of carbonyl (C=O) groups excluding carboxylic acids is 1. The molecule has 4 rings (SSSR count). The number of piperidine rings is 1. The van der Waals surface area contributed by atoms with Crippen molar-refractivity contribution in [3.8, 4) is 5.75 Å². The van der Waals surface area contributed by atoms with Crippen LogP contribution >= 0.6 is 0 Å². The fourth-order valence-electron chi connectivity index (χ4n) is 4.56. The lowest BCUT2D eigenvalue weighted by Gasteiger charge is -2.33. The summed E-state index contributed by atoms with van der Waals surface area (Å²) in [7, 11) is -4.34. The number of fused-ring (bicyclic) bond motifs is 1. The van der Waals surface area contributed by atoms with Gasteiger partial charge in [0, 0.05) is 31.5 Å². The molecule has 0 aliphatic carbocycles. The highest BCUT2D eigenvalue weighted by atomic mass is 32.2. The Balaban J connectivity index is 1.58. The van der Waals surface area contributed by atoms with Crippen LogP contribution in [-0.2, 0) is 21.5 Å². The molecule has 0 radical (unpaired) electrons. The van der Waals surface area contributed by atoms with E-state index in [9.17, 15) is 13.2 Å². The molecule has 1 heterocycles. The van der Waals surface area contributed by atoms with E-state index in [2.05, 4.69) is 0 Å². The van der Waals surface area contributed by atoms with Crippen molar-refractivity contribution in [3.63, 3.8) is 0 Å². The highest BCUT2D eigenvalue weighted by Crippen LogP contribution is 2.27. The molecule has 0 atom stereocenters. The van der Waals surface area contributed by atoms with Crippen LogP contribution in [0, 0.1) is 10.8 Å². The van der Waals surface area contributed by atoms with Crippen molar-refractivity contribution < 1.29 is 22.7 Å². The zero-order chi connectivity index (χ0) is 28.9. The summed E-state index contributed by atoms with van der Waals surface area (Å²) in [5.74, 6) is 1.09. The number of amides is 1. The molecule has 0 spiro atoms. The first-order valence-electron chi connectivity index (χ1n) is 13.0. The molecule has 1 saturated heterocycles. The number of amidine groups is 2. The minimum Gasteiger partial charge on any atom is -0.490 e. The smallest absolute Gasteiger partial charge is 0.422 e. The Hall–Kier alpha value is -4.32. The van der Waals surface area contributed by atoms with Crippen molar-refractivity contribution in [2.75, 3.05) is 24.0 Å². The van der Waals surface area contributed by atoms with Gasteiger partial charge in [-0.3, -0.25) is 10.8 Å². The summed E-state index contributed by atoms with van der Waals surface area (Å²) >= 11 is 0. The number of ether oxygens (including phenoxy) is 2. The van der Waals surface area contributed by atoms with Crippen LogP contribution in [0.3, 0.4) is 0 Å². The molecule has 5 N–H and O–H groups in total. The van der Waals surface area contributed by atoms with Crippen LogP contribution in [0.5, 0.6) is 5.75 Å². The molecule has 11 nitrogen and oxygen atoms in total. The monoisotopic (exact) mass is 566 g/mol. The number of nitrogens with zero attached hydrogens (tertiary/aromatic N) is 2. The number of likely N-dealkylation sites (tertiary alicyclic amines) is 1. The van der Waals surface area contributed by atoms with Crippen molar-refractivity contribution in [1.82, 2.24) is 9.62 Å². The van der Waals surface area contributed by atoms with E-state index in [4.69, 9.17) is 26.0 Å². The topological polar surface area (TPSA) is 162 Å². The Kier molecular flexibility index (Phi) is 8.78. The number of carbonyl (C=O) groups is 1. The first kappa shape index (κ1) is 28.7. The van der Waals surface area contributed by atoms with Crippen molar-refractivity contribution in [2.24, 2.45) is 5.73 Å². The van der Waals surface area contributed by atoms with Crippen LogP contribution in [0.25, 0.3) is 10.8 Å². The lowest BCUT2D eigenvalue weighted by molar-refractivity contribution is 0.130. The Bertz CT molecular complexity index is 1500. The van der Waals surface area contributed by atoms with Gasteiger partial charge in [0.25, 0.3) is 0 Å². The Morgan fingerprint density at radius 2 is 1.73 bits per heavy atom. The third-order valence-electron chi connectivity index (χ3n) is 6.66. The second-order valence-electron chi connectivity index (χ2n) is 9.53. The second kappa shape index (κ2) is 12.2. The molecule has 0 unspecified atom stereocenters. The van der Waals surface area contributed by atoms with E-state index >= 15 is 0 Å². The van der Waals surface area contributed by atoms with E-state index in [0.29, 0.717) is 28.4 Å². The van der Waals surface area contributed by atoms with Crippen LogP contribution in [-0.4, -0.2) is 56.9 Å². The van der Waals surface area contributed by atoms with Gasteiger partial charge in [-0.25, -0.2) is 13.8 Å². The van der Waals surface area contributed by atoms with E-state index in [1.54, 1.807) is 50.2 Å². The fourth-order valence-corrected chi connectivity index (χ4v) is 5.65. The van der Waals surface area contributed by atoms with E-state index < -0.39 is 16.3 Å². The minimum absolute atomic E-state index is 0.00394. The Morgan fingerprint density at radius 1 is 1.05 bits per heavy atom. The van der Waals surface area contributed by atoms with Crippen LogP contribution in [0.15, 0.2) is 60.7 Å². The molecule has 0 saturated carbocycles. The number of nitrogens with two attached hydrogens (primary N) is 1. The first-order chi connectivity index (χ1) is 19.1. The number of hydrogen-bond donors (Lipinski definition) is 4. The van der Waals surface area contributed by atoms with E-state index in [0.717, 1.165) is 41.0 Å². The van der Waals surface area contributed by atoms with E-state index in [1.807, 2.05) is 33.9 Å². The second-order valence-corrected chi connectivity index (χ2v) is 11.1.